The summed E-state index contributed by atoms with van der Waals surface area (Å²) < 4.78 is 0. The van der Waals surface area contributed by atoms with Crippen molar-refractivity contribution in [2.24, 2.45) is 0 Å². The Kier molecular flexibility index (Phi) is 7.82. The molecule has 3 rings (SSSR count). The van der Waals surface area contributed by atoms with E-state index >= 15 is 0 Å². The van der Waals surface area contributed by atoms with Crippen LogP contribution in [0, 0.1) is 6.92 Å². The van der Waals surface area contributed by atoms with Crippen molar-refractivity contribution in [3.63, 3.8) is 0 Å². The largest absolute Gasteiger partial charge is 0.355 e. The van der Waals surface area contributed by atoms with E-state index in [9.17, 15) is 9.59 Å². The Hall–Kier alpha value is -2.66. The van der Waals surface area contributed by atoms with Gasteiger partial charge in [-0.25, -0.2) is 0 Å². The molecule has 2 aromatic rings. The summed E-state index contributed by atoms with van der Waals surface area (Å²) in [5.41, 5.74) is 3.65. The van der Waals surface area contributed by atoms with Gasteiger partial charge in [0.25, 0.3) is 0 Å². The van der Waals surface area contributed by atoms with Gasteiger partial charge in [-0.3, -0.25) is 14.5 Å². The third kappa shape index (κ3) is 6.71. The van der Waals surface area contributed by atoms with Crippen LogP contribution in [0.15, 0.2) is 54.6 Å². The quantitative estimate of drug-likeness (QED) is 0.787. The van der Waals surface area contributed by atoms with Crippen LogP contribution in [0.5, 0.6) is 0 Å². The Labute approximate surface area is 173 Å². The standard InChI is InChI=1S/C24H31N3O2/c1-20-8-5-6-11-22(20)19-26-14-7-15-27(17-16-26)24(29)12-13-25-23(28)18-21-9-3-2-4-10-21/h2-6,8-11H,7,12-19H2,1H3,(H,25,28). The Morgan fingerprint density at radius 3 is 2.48 bits per heavy atom. The van der Waals surface area contributed by atoms with Crippen molar-refractivity contribution in [3.05, 3.63) is 71.3 Å². The van der Waals surface area contributed by atoms with Gasteiger partial charge < -0.3 is 10.2 Å². The molecule has 1 fully saturated rings. The molecule has 0 spiro atoms. The van der Waals surface area contributed by atoms with E-state index < -0.39 is 0 Å². The number of nitrogens with one attached hydrogen (secondary N) is 1. The first-order chi connectivity index (χ1) is 14.1. The summed E-state index contributed by atoms with van der Waals surface area (Å²) >= 11 is 0. The van der Waals surface area contributed by atoms with Crippen molar-refractivity contribution in [1.82, 2.24) is 15.1 Å². The van der Waals surface area contributed by atoms with E-state index in [1.165, 1.54) is 11.1 Å². The van der Waals surface area contributed by atoms with E-state index in [1.807, 2.05) is 35.2 Å². The second kappa shape index (κ2) is 10.8. The maximum absolute atomic E-state index is 12.6. The molecular formula is C24H31N3O2. The first kappa shape index (κ1) is 21.1. The normalized spacial score (nSPS) is 15.0. The molecule has 0 radical (unpaired) electrons. The minimum Gasteiger partial charge on any atom is -0.355 e. The van der Waals surface area contributed by atoms with Crippen LogP contribution in [-0.4, -0.2) is 54.3 Å². The molecule has 29 heavy (non-hydrogen) atoms. The highest BCUT2D eigenvalue weighted by molar-refractivity contribution is 5.80. The van der Waals surface area contributed by atoms with Gasteiger partial charge in [0.15, 0.2) is 0 Å². The van der Waals surface area contributed by atoms with Crippen LogP contribution in [0.25, 0.3) is 0 Å². The zero-order valence-corrected chi connectivity index (χ0v) is 17.3. The smallest absolute Gasteiger partial charge is 0.224 e. The summed E-state index contributed by atoms with van der Waals surface area (Å²) in [5.74, 6) is 0.0898. The second-order valence-corrected chi connectivity index (χ2v) is 7.70. The van der Waals surface area contributed by atoms with E-state index in [0.29, 0.717) is 19.4 Å². The third-order valence-electron chi connectivity index (χ3n) is 5.46. The molecule has 1 aliphatic rings. The highest BCUT2D eigenvalue weighted by atomic mass is 16.2. The molecule has 1 N–H and O–H groups in total. The lowest BCUT2D eigenvalue weighted by Crippen LogP contribution is -2.37. The van der Waals surface area contributed by atoms with E-state index in [2.05, 4.69) is 41.4 Å². The molecule has 0 bridgehead atoms. The van der Waals surface area contributed by atoms with Crippen molar-refractivity contribution in [1.29, 1.82) is 0 Å². The Morgan fingerprint density at radius 2 is 1.69 bits per heavy atom. The lowest BCUT2D eigenvalue weighted by molar-refractivity contribution is -0.131. The predicted octanol–water partition coefficient (Wildman–Crippen LogP) is 2.78. The number of benzene rings is 2. The molecule has 0 aliphatic carbocycles. The average Bonchev–Trinajstić information content (AvgIpc) is 2.96. The summed E-state index contributed by atoms with van der Waals surface area (Å²) in [5, 5.41) is 2.87. The first-order valence-electron chi connectivity index (χ1n) is 10.5. The molecular weight excluding hydrogens is 362 g/mol. The summed E-state index contributed by atoms with van der Waals surface area (Å²) in [4.78, 5) is 29.0. The van der Waals surface area contributed by atoms with Crippen molar-refractivity contribution in [2.75, 3.05) is 32.7 Å². The van der Waals surface area contributed by atoms with Crippen LogP contribution in [0.3, 0.4) is 0 Å². The second-order valence-electron chi connectivity index (χ2n) is 7.70. The van der Waals surface area contributed by atoms with E-state index in [0.717, 1.165) is 44.7 Å². The van der Waals surface area contributed by atoms with Crippen LogP contribution in [-0.2, 0) is 22.6 Å². The molecule has 1 heterocycles. The summed E-state index contributed by atoms with van der Waals surface area (Å²) in [6.45, 7) is 6.92. The lowest BCUT2D eigenvalue weighted by atomic mass is 10.1. The fourth-order valence-electron chi connectivity index (χ4n) is 3.72. The van der Waals surface area contributed by atoms with Gasteiger partial charge in [0.05, 0.1) is 6.42 Å². The number of hydrogen-bond acceptors (Lipinski definition) is 3. The molecule has 1 saturated heterocycles. The summed E-state index contributed by atoms with van der Waals surface area (Å²) in [6, 6.07) is 18.1. The molecule has 0 aromatic heterocycles. The van der Waals surface area contributed by atoms with E-state index in [4.69, 9.17) is 0 Å². The van der Waals surface area contributed by atoms with Gasteiger partial charge in [-0.15, -0.1) is 0 Å². The van der Waals surface area contributed by atoms with Gasteiger partial charge in [0, 0.05) is 45.7 Å². The topological polar surface area (TPSA) is 52.6 Å². The highest BCUT2D eigenvalue weighted by Crippen LogP contribution is 2.13. The third-order valence-corrected chi connectivity index (χ3v) is 5.46. The van der Waals surface area contributed by atoms with Crippen LogP contribution in [0.1, 0.15) is 29.5 Å². The van der Waals surface area contributed by atoms with Gasteiger partial charge >= 0.3 is 0 Å². The molecule has 154 valence electrons. The molecule has 5 heteroatoms. The first-order valence-corrected chi connectivity index (χ1v) is 10.5. The van der Waals surface area contributed by atoms with E-state index in [-0.39, 0.29) is 11.8 Å². The minimum atomic E-state index is -0.0377. The maximum atomic E-state index is 12.6. The number of carbonyl (C=O) groups is 2. The van der Waals surface area contributed by atoms with Gasteiger partial charge in [0.1, 0.15) is 0 Å². The van der Waals surface area contributed by atoms with Crippen molar-refractivity contribution in [2.45, 2.75) is 32.7 Å². The molecule has 0 atom stereocenters. The fourth-order valence-corrected chi connectivity index (χ4v) is 3.72. The minimum absolute atomic E-state index is 0.0377. The molecule has 0 saturated carbocycles. The number of aryl methyl sites for hydroxylation is 1. The SMILES string of the molecule is Cc1ccccc1CN1CCCN(C(=O)CCNC(=O)Cc2ccccc2)CC1. The highest BCUT2D eigenvalue weighted by Gasteiger charge is 2.19. The van der Waals surface area contributed by atoms with Crippen molar-refractivity contribution < 1.29 is 9.59 Å². The fraction of sp³-hybridized carbons (Fsp3) is 0.417. The van der Waals surface area contributed by atoms with Gasteiger partial charge in [-0.05, 0) is 30.0 Å². The molecule has 0 unspecified atom stereocenters. The lowest BCUT2D eigenvalue weighted by Gasteiger charge is -2.22. The summed E-state index contributed by atoms with van der Waals surface area (Å²) in [7, 11) is 0. The monoisotopic (exact) mass is 393 g/mol. The molecule has 5 nitrogen and oxygen atoms in total. The molecule has 2 aromatic carbocycles. The number of rotatable bonds is 7. The van der Waals surface area contributed by atoms with Gasteiger partial charge in [-0.1, -0.05) is 54.6 Å². The van der Waals surface area contributed by atoms with Crippen LogP contribution >= 0.6 is 0 Å². The number of amides is 2. The van der Waals surface area contributed by atoms with E-state index in [1.54, 1.807) is 0 Å². The molecule has 2 amide bonds. The Bertz CT molecular complexity index is 807. The Morgan fingerprint density at radius 1 is 0.931 bits per heavy atom. The summed E-state index contributed by atoms with van der Waals surface area (Å²) in [6.07, 6.45) is 1.70. The van der Waals surface area contributed by atoms with Crippen molar-refractivity contribution >= 4 is 11.8 Å². The molecule has 1 aliphatic heterocycles. The zero-order valence-electron chi connectivity index (χ0n) is 17.3. The number of hydrogen-bond donors (Lipinski definition) is 1. The Balaban J connectivity index is 1.39. The van der Waals surface area contributed by atoms with Crippen LogP contribution < -0.4 is 5.32 Å². The average molecular weight is 394 g/mol. The maximum Gasteiger partial charge on any atom is 0.224 e. The van der Waals surface area contributed by atoms with Gasteiger partial charge in [-0.2, -0.15) is 0 Å². The number of carbonyl (C=O) groups excluding carboxylic acids is 2. The number of nitrogens with zero attached hydrogens (tertiary/aromatic N) is 2. The van der Waals surface area contributed by atoms with Crippen LogP contribution in [0.4, 0.5) is 0 Å². The van der Waals surface area contributed by atoms with Crippen LogP contribution in [0.2, 0.25) is 0 Å². The zero-order chi connectivity index (χ0) is 20.5. The predicted molar refractivity (Wildman–Crippen MR) is 115 cm³/mol. The van der Waals surface area contributed by atoms with Crippen molar-refractivity contribution in [3.8, 4) is 0 Å². The van der Waals surface area contributed by atoms with Gasteiger partial charge in [0.2, 0.25) is 11.8 Å².